The molecule has 0 unspecified atom stereocenters. The van der Waals surface area contributed by atoms with Crippen LogP contribution < -0.4 is 16.0 Å². The predicted molar refractivity (Wildman–Crippen MR) is 272 cm³/mol. The van der Waals surface area contributed by atoms with Crippen molar-refractivity contribution in [3.05, 3.63) is 70.7 Å². The van der Waals surface area contributed by atoms with Crippen molar-refractivity contribution in [3.63, 3.8) is 0 Å². The van der Waals surface area contributed by atoms with Gasteiger partial charge in [0.05, 0.1) is 28.1 Å². The highest BCUT2D eigenvalue weighted by Gasteiger charge is 2.49. The Bertz CT molecular complexity index is 1900. The molecule has 3 saturated heterocycles. The van der Waals surface area contributed by atoms with Gasteiger partial charge in [0.25, 0.3) is 17.7 Å². The molecule has 66 heavy (non-hydrogen) atoms. The van der Waals surface area contributed by atoms with Crippen LogP contribution in [0, 0.1) is 0 Å². The first-order valence-electron chi connectivity index (χ1n) is 21.2. The van der Waals surface area contributed by atoms with Crippen LogP contribution in [0.25, 0.3) is 0 Å². The molecule has 12 atom stereocenters. The predicted octanol–water partition coefficient (Wildman–Crippen LogP) is 0.886. The standard InChI is InChI=1S/C15H25N2O4P.C14H22IN2O4P.C14H23N2O5P/c1-9-8-17(10(2)16-14(9)20)15-13(19)12(18)11(21-15)6-7-22(3,4)5;1-8-16-13(20)9(15)7-17(8)14-12(19)11(18)10(21-14)5-6-22(2,3)4;1-8-15-13(20)9(17)7-16(8)14-12(19)11(18)10(21-14)5-6-22(2,3)4/h8,11-13,15,18-19H,2-3,6-7H2,1,4-5H3,(H,16,20);7,10-12,14,18-19H,1-2,5-6H2,3-4H3,(H,16,20);7,10-12,14,17-19H,1-2,5-6H2,3-4H3,(H,15,20)/t11-,12-,13-,15-;2*10-,11-,12-,14-/m111/s1. The number of halogens is 1. The van der Waals surface area contributed by atoms with E-state index >= 15 is 0 Å². The normalized spacial score (nSPS) is 32.9. The van der Waals surface area contributed by atoms with Crippen molar-refractivity contribution < 1.29 is 64.3 Å². The van der Waals surface area contributed by atoms with E-state index in [-0.39, 0.29) is 17.6 Å². The average molecular weight is 1100 g/mol. The molecule has 6 rings (SSSR count). The van der Waals surface area contributed by atoms with Gasteiger partial charge in [-0.2, -0.15) is 0 Å². The zero-order chi connectivity index (χ0) is 50.0. The molecule has 0 aliphatic carbocycles. The lowest BCUT2D eigenvalue weighted by molar-refractivity contribution is -0.122. The van der Waals surface area contributed by atoms with E-state index in [1.54, 1.807) is 29.1 Å². The lowest BCUT2D eigenvalue weighted by Crippen LogP contribution is -2.47. The first kappa shape index (κ1) is 55.9. The summed E-state index contributed by atoms with van der Waals surface area (Å²) in [6, 6.07) is 0. The first-order valence-corrected chi connectivity index (χ1v) is 31.4. The third kappa shape index (κ3) is 14.7. The molecule has 0 saturated carbocycles. The second kappa shape index (κ2) is 22.4. The van der Waals surface area contributed by atoms with Crippen LogP contribution in [0.2, 0.25) is 0 Å². The van der Waals surface area contributed by atoms with Gasteiger partial charge in [-0.25, -0.2) is 0 Å². The molecular formula is C43H70IN6O13P3. The molecule has 19 nitrogen and oxygen atoms in total. The van der Waals surface area contributed by atoms with Crippen molar-refractivity contribution in [3.8, 4) is 0 Å². The minimum absolute atomic E-state index is 0.171. The third-order valence-electron chi connectivity index (χ3n) is 11.3. The van der Waals surface area contributed by atoms with Crippen LogP contribution in [0.1, 0.15) is 26.2 Å². The lowest BCUT2D eigenvalue weighted by atomic mass is 10.1. The SMILES string of the molecule is C=C1NC(=O)C(C)=CN1[C@@H]1O[C@H](CCP(=C)(C)C)[C@@H](O)[C@H]1O.C=C1NC(=O)C(I)=CN1[C@@H]1O[C@H](CCP(=C)(C)C)[C@@H](O)[C@H]1O.C=C1NC(=O)C(O)=CN1[C@@H]1O[C@H](CCP(=C)(C)C)[C@@H](O)[C@H]1O. The Kier molecular flexibility index (Phi) is 19.0. The smallest absolute Gasteiger partial charge is 0.293 e. The van der Waals surface area contributed by atoms with E-state index in [4.69, 9.17) is 14.2 Å². The van der Waals surface area contributed by atoms with E-state index in [1.165, 1.54) is 4.90 Å². The number of rotatable bonds is 12. The molecule has 23 heteroatoms. The number of nitrogens with one attached hydrogen (secondary N) is 3. The zero-order valence-corrected chi connectivity index (χ0v) is 43.6. The number of carbonyl (C=O) groups is 3. The summed E-state index contributed by atoms with van der Waals surface area (Å²) in [7, 11) is 0. The number of aliphatic hydroxyl groups excluding tert-OH is 7. The van der Waals surface area contributed by atoms with E-state index in [1.807, 2.05) is 22.6 Å². The molecule has 6 aliphatic rings. The maximum Gasteiger partial charge on any atom is 0.293 e. The Labute approximate surface area is 402 Å². The van der Waals surface area contributed by atoms with Crippen molar-refractivity contribution in [2.45, 2.75) is 99.8 Å². The molecule has 0 bridgehead atoms. The van der Waals surface area contributed by atoms with E-state index in [0.717, 1.165) is 24.7 Å². The molecule has 6 heterocycles. The van der Waals surface area contributed by atoms with Crippen LogP contribution in [0.3, 0.4) is 0 Å². The van der Waals surface area contributed by atoms with Crippen molar-refractivity contribution in [1.29, 1.82) is 0 Å². The summed E-state index contributed by atoms with van der Waals surface area (Å²) in [6.07, 6.45) is 11.0. The summed E-state index contributed by atoms with van der Waals surface area (Å²) >= 11 is 1.90. The highest BCUT2D eigenvalue weighted by molar-refractivity contribution is 14.1. The molecule has 6 aliphatic heterocycles. The Morgan fingerprint density at radius 3 is 1.20 bits per heavy atom. The summed E-state index contributed by atoms with van der Waals surface area (Å²) in [5.74, 6) is -0.820. The topological polar surface area (TPSA) is 266 Å². The number of hydrogen-bond donors (Lipinski definition) is 10. The van der Waals surface area contributed by atoms with Gasteiger partial charge in [0.1, 0.15) is 54.1 Å². The second-order valence-corrected chi connectivity index (χ2v) is 33.3. The minimum atomic E-state index is -1.26. The van der Waals surface area contributed by atoms with Gasteiger partial charge in [-0.05, 0) is 107 Å². The highest BCUT2D eigenvalue weighted by atomic mass is 127. The maximum absolute atomic E-state index is 11.6. The van der Waals surface area contributed by atoms with Crippen molar-refractivity contribution in [2.24, 2.45) is 0 Å². The van der Waals surface area contributed by atoms with Crippen LogP contribution in [0.5, 0.6) is 0 Å². The lowest BCUT2D eigenvalue weighted by Gasteiger charge is -2.34. The van der Waals surface area contributed by atoms with Crippen LogP contribution in [0.15, 0.2) is 70.7 Å². The summed E-state index contributed by atoms with van der Waals surface area (Å²) < 4.78 is 17.8. The van der Waals surface area contributed by atoms with Gasteiger partial charge in [-0.1, -0.05) is 19.7 Å². The van der Waals surface area contributed by atoms with Crippen LogP contribution in [0.4, 0.5) is 0 Å². The van der Waals surface area contributed by atoms with Crippen molar-refractivity contribution in [1.82, 2.24) is 30.7 Å². The van der Waals surface area contributed by atoms with Gasteiger partial charge in [0.2, 0.25) is 0 Å². The van der Waals surface area contributed by atoms with Crippen LogP contribution >= 0.6 is 43.2 Å². The molecule has 372 valence electrons. The van der Waals surface area contributed by atoms with Gasteiger partial charge < -0.3 is 80.6 Å². The fourth-order valence-corrected chi connectivity index (χ4v) is 10.7. The first-order chi connectivity index (χ1) is 30.3. The summed E-state index contributed by atoms with van der Waals surface area (Å²) in [4.78, 5) is 38.9. The number of amides is 3. The van der Waals surface area contributed by atoms with Crippen LogP contribution in [-0.2, 0) is 28.6 Å². The quantitative estimate of drug-likeness (QED) is 0.0961. The Hall–Kier alpha value is -2.68. The number of carbonyl (C=O) groups excluding carboxylic acids is 3. The van der Waals surface area contributed by atoms with Crippen molar-refractivity contribution in [2.75, 3.05) is 58.5 Å². The molecule has 10 N–H and O–H groups in total. The van der Waals surface area contributed by atoms with E-state index in [9.17, 15) is 50.1 Å². The molecular weight excluding hydrogens is 1030 g/mol. The molecule has 3 amide bonds. The van der Waals surface area contributed by atoms with E-state index < -0.39 is 106 Å². The Morgan fingerprint density at radius 1 is 0.545 bits per heavy atom. The third-order valence-corrected chi connectivity index (χ3v) is 16.4. The maximum atomic E-state index is 11.6. The minimum Gasteiger partial charge on any atom is -0.502 e. The van der Waals surface area contributed by atoms with Crippen LogP contribution in [-0.4, -0.2) is 219 Å². The second-order valence-electron chi connectivity index (χ2n) is 19.2. The Morgan fingerprint density at radius 2 is 0.848 bits per heavy atom. The molecule has 0 aromatic rings. The Balaban J connectivity index is 0.000000216. The number of nitrogens with zero attached hydrogens (tertiary/aromatic N) is 3. The van der Waals surface area contributed by atoms with Gasteiger partial charge in [-0.15, -0.1) is 39.6 Å². The summed E-state index contributed by atoms with van der Waals surface area (Å²) in [5.41, 5.74) is 0.492. The number of aliphatic hydroxyl groups is 7. The molecule has 0 spiro atoms. The fourth-order valence-electron chi connectivity index (χ4n) is 7.39. The molecule has 0 radical (unpaired) electrons. The highest BCUT2D eigenvalue weighted by Crippen LogP contribution is 2.41. The zero-order valence-electron chi connectivity index (χ0n) is 38.8. The van der Waals surface area contributed by atoms with Gasteiger partial charge in [-0.3, -0.25) is 14.4 Å². The molecule has 0 aromatic heterocycles. The number of hydrogen-bond acceptors (Lipinski definition) is 16. The summed E-state index contributed by atoms with van der Waals surface area (Å²) in [6.45, 7) is 21.8. The monoisotopic (exact) mass is 1100 g/mol. The number of ether oxygens (including phenoxy) is 3. The van der Waals surface area contributed by atoms with E-state index in [0.29, 0.717) is 40.1 Å². The van der Waals surface area contributed by atoms with Crippen molar-refractivity contribution >= 4 is 79.9 Å². The summed E-state index contributed by atoms with van der Waals surface area (Å²) in [5, 5.41) is 78.4. The van der Waals surface area contributed by atoms with E-state index in [2.05, 4.69) is 94.6 Å². The van der Waals surface area contributed by atoms with Gasteiger partial charge in [0.15, 0.2) is 24.4 Å². The fraction of sp³-hybridized carbons (Fsp3) is 0.581. The molecule has 0 aromatic carbocycles. The largest absolute Gasteiger partial charge is 0.502 e. The molecule has 3 fully saturated rings. The average Bonchev–Trinajstić information content (AvgIpc) is 3.77. The van der Waals surface area contributed by atoms with Gasteiger partial charge in [0, 0.05) is 18.0 Å². The van der Waals surface area contributed by atoms with Gasteiger partial charge >= 0.3 is 0 Å².